The van der Waals surface area contributed by atoms with Crippen molar-refractivity contribution in [2.75, 3.05) is 19.2 Å². The van der Waals surface area contributed by atoms with E-state index in [9.17, 15) is 9.59 Å². The number of carbonyl (C=O) groups excluding carboxylic acids is 1. The summed E-state index contributed by atoms with van der Waals surface area (Å²) < 4.78 is 18.7. The first-order chi connectivity index (χ1) is 15.1. The molecule has 9 nitrogen and oxygen atoms in total. The van der Waals surface area contributed by atoms with Crippen LogP contribution in [-0.4, -0.2) is 34.0 Å². The second kappa shape index (κ2) is 7.52. The number of aromatic nitrogens is 3. The minimum absolute atomic E-state index is 0.128. The molecule has 0 atom stereocenters. The standard InChI is InChI=1S/C22H18N4O5/c1-29-16-4-2-3-15(10-16)23-21(27)12-25-7-8-26-18(22(25)28)11-17(24-26)14-5-6-19-20(9-14)31-13-30-19/h2-11H,12-13H2,1H3,(H,23,27). The van der Waals surface area contributed by atoms with Crippen LogP contribution in [0.2, 0.25) is 0 Å². The molecule has 1 N–H and O–H groups in total. The highest BCUT2D eigenvalue weighted by atomic mass is 16.7. The summed E-state index contributed by atoms with van der Waals surface area (Å²) in [6.07, 6.45) is 3.18. The Morgan fingerprint density at radius 3 is 2.87 bits per heavy atom. The maximum Gasteiger partial charge on any atom is 0.277 e. The summed E-state index contributed by atoms with van der Waals surface area (Å²) in [6, 6.07) is 14.2. The average Bonchev–Trinajstić information content (AvgIpc) is 3.42. The van der Waals surface area contributed by atoms with Gasteiger partial charge in [0.1, 0.15) is 17.8 Å². The highest BCUT2D eigenvalue weighted by Gasteiger charge is 2.16. The summed E-state index contributed by atoms with van der Waals surface area (Å²) in [5.74, 6) is 1.63. The van der Waals surface area contributed by atoms with Crippen molar-refractivity contribution in [1.82, 2.24) is 14.2 Å². The van der Waals surface area contributed by atoms with E-state index in [2.05, 4.69) is 10.4 Å². The number of hydrogen-bond donors (Lipinski definition) is 1. The highest BCUT2D eigenvalue weighted by molar-refractivity contribution is 5.90. The number of rotatable bonds is 5. The molecule has 5 rings (SSSR count). The molecule has 0 fully saturated rings. The van der Waals surface area contributed by atoms with Crippen molar-refractivity contribution in [3.8, 4) is 28.5 Å². The van der Waals surface area contributed by atoms with Gasteiger partial charge in [0.2, 0.25) is 12.7 Å². The molecule has 3 heterocycles. The normalized spacial score (nSPS) is 12.2. The molecule has 0 spiro atoms. The van der Waals surface area contributed by atoms with E-state index in [4.69, 9.17) is 14.2 Å². The van der Waals surface area contributed by atoms with E-state index in [1.165, 1.54) is 15.3 Å². The van der Waals surface area contributed by atoms with Gasteiger partial charge in [-0.1, -0.05) is 6.07 Å². The molecule has 0 bridgehead atoms. The van der Waals surface area contributed by atoms with Crippen LogP contribution in [0.5, 0.6) is 17.2 Å². The number of anilines is 1. The van der Waals surface area contributed by atoms with Crippen LogP contribution in [-0.2, 0) is 11.3 Å². The molecule has 2 aromatic heterocycles. The first-order valence-corrected chi connectivity index (χ1v) is 9.53. The summed E-state index contributed by atoms with van der Waals surface area (Å²) in [5, 5.41) is 7.24. The van der Waals surface area contributed by atoms with Crippen molar-refractivity contribution in [2.24, 2.45) is 0 Å². The third-order valence-corrected chi connectivity index (χ3v) is 4.94. The zero-order valence-corrected chi connectivity index (χ0v) is 16.6. The predicted octanol–water partition coefficient (Wildman–Crippen LogP) is 2.54. The zero-order valence-electron chi connectivity index (χ0n) is 16.6. The van der Waals surface area contributed by atoms with E-state index in [1.54, 1.807) is 43.6 Å². The fraction of sp³-hybridized carbons (Fsp3) is 0.136. The van der Waals surface area contributed by atoms with Crippen molar-refractivity contribution in [1.29, 1.82) is 0 Å². The third kappa shape index (κ3) is 3.57. The van der Waals surface area contributed by atoms with E-state index in [-0.39, 0.29) is 24.8 Å². The lowest BCUT2D eigenvalue weighted by atomic mass is 10.1. The lowest BCUT2D eigenvalue weighted by molar-refractivity contribution is -0.116. The monoisotopic (exact) mass is 418 g/mol. The van der Waals surface area contributed by atoms with Gasteiger partial charge < -0.3 is 24.1 Å². The zero-order chi connectivity index (χ0) is 21.4. The number of carbonyl (C=O) groups is 1. The van der Waals surface area contributed by atoms with Gasteiger partial charge in [-0.05, 0) is 36.4 Å². The molecule has 1 aliphatic heterocycles. The molecule has 0 saturated carbocycles. The van der Waals surface area contributed by atoms with Gasteiger partial charge in [-0.15, -0.1) is 0 Å². The van der Waals surface area contributed by atoms with Crippen molar-refractivity contribution in [3.63, 3.8) is 0 Å². The maximum atomic E-state index is 12.9. The minimum atomic E-state index is -0.324. The van der Waals surface area contributed by atoms with Gasteiger partial charge in [-0.25, -0.2) is 4.52 Å². The molecule has 0 aliphatic carbocycles. The Morgan fingerprint density at radius 1 is 1.13 bits per heavy atom. The van der Waals surface area contributed by atoms with Crippen LogP contribution in [0, 0.1) is 0 Å². The molecule has 0 radical (unpaired) electrons. The predicted molar refractivity (Wildman–Crippen MR) is 113 cm³/mol. The fourth-order valence-corrected chi connectivity index (χ4v) is 3.40. The number of nitrogens with zero attached hydrogens (tertiary/aromatic N) is 3. The van der Waals surface area contributed by atoms with Crippen molar-refractivity contribution in [2.45, 2.75) is 6.54 Å². The third-order valence-electron chi connectivity index (χ3n) is 4.94. The minimum Gasteiger partial charge on any atom is -0.497 e. The van der Waals surface area contributed by atoms with Gasteiger partial charge in [0.25, 0.3) is 5.56 Å². The Hall–Kier alpha value is -4.27. The Balaban J connectivity index is 1.39. The number of nitrogens with one attached hydrogen (secondary N) is 1. The summed E-state index contributed by atoms with van der Waals surface area (Å²) in [6.45, 7) is 0.0591. The van der Waals surface area contributed by atoms with Crippen LogP contribution in [0.3, 0.4) is 0 Å². The Kier molecular flexibility index (Phi) is 4.55. The van der Waals surface area contributed by atoms with E-state index < -0.39 is 0 Å². The lowest BCUT2D eigenvalue weighted by Crippen LogP contribution is -2.28. The second-order valence-electron chi connectivity index (χ2n) is 6.94. The van der Waals surface area contributed by atoms with Crippen molar-refractivity contribution in [3.05, 3.63) is 71.3 Å². The van der Waals surface area contributed by atoms with Crippen LogP contribution >= 0.6 is 0 Å². The van der Waals surface area contributed by atoms with Gasteiger partial charge in [0, 0.05) is 29.7 Å². The number of benzene rings is 2. The van der Waals surface area contributed by atoms with Crippen LogP contribution in [0.25, 0.3) is 16.8 Å². The van der Waals surface area contributed by atoms with Gasteiger partial charge in [-0.2, -0.15) is 5.10 Å². The second-order valence-corrected chi connectivity index (χ2v) is 6.94. The Labute approximate surface area is 176 Å². The molecule has 156 valence electrons. The van der Waals surface area contributed by atoms with Crippen LogP contribution in [0.1, 0.15) is 0 Å². The molecule has 1 aliphatic rings. The van der Waals surface area contributed by atoms with E-state index >= 15 is 0 Å². The van der Waals surface area contributed by atoms with Crippen molar-refractivity contribution >= 4 is 17.1 Å². The van der Waals surface area contributed by atoms with Crippen LogP contribution in [0.4, 0.5) is 5.69 Å². The summed E-state index contributed by atoms with van der Waals surface area (Å²) in [4.78, 5) is 25.4. The lowest BCUT2D eigenvalue weighted by Gasteiger charge is -2.08. The molecule has 31 heavy (non-hydrogen) atoms. The quantitative estimate of drug-likeness (QED) is 0.535. The molecule has 0 unspecified atom stereocenters. The topological polar surface area (TPSA) is 96.1 Å². The van der Waals surface area contributed by atoms with Crippen LogP contribution in [0.15, 0.2) is 65.7 Å². The van der Waals surface area contributed by atoms with Gasteiger partial charge in [0.15, 0.2) is 11.5 Å². The molecular weight excluding hydrogens is 400 g/mol. The first kappa shape index (κ1) is 18.7. The number of methoxy groups -OCH3 is 1. The average molecular weight is 418 g/mol. The van der Waals surface area contributed by atoms with Gasteiger partial charge in [-0.3, -0.25) is 9.59 Å². The smallest absolute Gasteiger partial charge is 0.277 e. The van der Waals surface area contributed by atoms with Gasteiger partial charge >= 0.3 is 0 Å². The number of hydrogen-bond acceptors (Lipinski definition) is 6. The van der Waals surface area contributed by atoms with Gasteiger partial charge in [0.05, 0.1) is 12.8 Å². The first-order valence-electron chi connectivity index (χ1n) is 9.53. The van der Waals surface area contributed by atoms with E-state index in [0.29, 0.717) is 34.1 Å². The SMILES string of the molecule is COc1cccc(NC(=O)Cn2ccn3nc(-c4ccc5c(c4)OCO5)cc3c2=O)c1. The van der Waals surface area contributed by atoms with Crippen molar-refractivity contribution < 1.29 is 19.0 Å². The van der Waals surface area contributed by atoms with E-state index in [0.717, 1.165) is 5.56 Å². The molecule has 0 saturated heterocycles. The highest BCUT2D eigenvalue weighted by Crippen LogP contribution is 2.35. The van der Waals surface area contributed by atoms with Crippen LogP contribution < -0.4 is 25.1 Å². The summed E-state index contributed by atoms with van der Waals surface area (Å²) in [7, 11) is 1.55. The number of ether oxygens (including phenoxy) is 3. The maximum absolute atomic E-state index is 12.9. The fourth-order valence-electron chi connectivity index (χ4n) is 3.40. The Morgan fingerprint density at radius 2 is 2.00 bits per heavy atom. The molecule has 2 aromatic carbocycles. The summed E-state index contributed by atoms with van der Waals surface area (Å²) >= 11 is 0. The molecular formula is C22H18N4O5. The van der Waals surface area contributed by atoms with E-state index in [1.807, 2.05) is 18.2 Å². The molecule has 4 aromatic rings. The number of amides is 1. The Bertz CT molecular complexity index is 1360. The largest absolute Gasteiger partial charge is 0.497 e. The molecule has 9 heteroatoms. The number of fused-ring (bicyclic) bond motifs is 2. The molecule has 1 amide bonds. The summed E-state index contributed by atoms with van der Waals surface area (Å²) in [5.41, 5.74) is 2.06.